The summed E-state index contributed by atoms with van der Waals surface area (Å²) in [7, 11) is 0. The lowest BCUT2D eigenvalue weighted by Crippen LogP contribution is -2.06. The van der Waals surface area contributed by atoms with Gasteiger partial charge in [-0.25, -0.2) is 4.79 Å². The van der Waals surface area contributed by atoms with Crippen LogP contribution in [0.25, 0.3) is 22.2 Å². The summed E-state index contributed by atoms with van der Waals surface area (Å²) in [4.78, 5) is 11.9. The van der Waals surface area contributed by atoms with Crippen molar-refractivity contribution in [1.82, 2.24) is 8.75 Å². The highest BCUT2D eigenvalue weighted by molar-refractivity contribution is 9.10. The van der Waals surface area contributed by atoms with Gasteiger partial charge in [0.2, 0.25) is 0 Å². The van der Waals surface area contributed by atoms with E-state index in [0.717, 1.165) is 39.5 Å². The molecule has 23 heavy (non-hydrogen) atoms. The molecule has 0 N–H and O–H groups in total. The summed E-state index contributed by atoms with van der Waals surface area (Å²) in [6.45, 7) is 2.53. The van der Waals surface area contributed by atoms with Crippen LogP contribution < -0.4 is 0 Å². The SMILES string of the molecule is CCCCOC(=O)c1ccc(-c2ccc(Br)c3nsnc23)cc1. The number of rotatable bonds is 5. The Labute approximate surface area is 146 Å². The molecule has 0 aliphatic heterocycles. The topological polar surface area (TPSA) is 52.1 Å². The van der Waals surface area contributed by atoms with E-state index < -0.39 is 0 Å². The van der Waals surface area contributed by atoms with Gasteiger partial charge in [0.15, 0.2) is 0 Å². The van der Waals surface area contributed by atoms with E-state index in [1.807, 2.05) is 24.3 Å². The van der Waals surface area contributed by atoms with Crippen molar-refractivity contribution in [2.75, 3.05) is 6.61 Å². The highest BCUT2D eigenvalue weighted by atomic mass is 79.9. The van der Waals surface area contributed by atoms with Crippen LogP contribution in [0, 0.1) is 0 Å². The Balaban J connectivity index is 1.85. The minimum Gasteiger partial charge on any atom is -0.462 e. The van der Waals surface area contributed by atoms with E-state index >= 15 is 0 Å². The molecule has 3 aromatic rings. The summed E-state index contributed by atoms with van der Waals surface area (Å²) in [6.07, 6.45) is 1.89. The third kappa shape index (κ3) is 3.43. The summed E-state index contributed by atoms with van der Waals surface area (Å²) < 4.78 is 14.8. The smallest absolute Gasteiger partial charge is 0.338 e. The van der Waals surface area contributed by atoms with Gasteiger partial charge in [0, 0.05) is 10.0 Å². The van der Waals surface area contributed by atoms with Gasteiger partial charge in [-0.2, -0.15) is 8.75 Å². The van der Waals surface area contributed by atoms with E-state index in [1.165, 1.54) is 11.7 Å². The maximum atomic E-state index is 11.9. The number of benzene rings is 2. The number of fused-ring (bicyclic) bond motifs is 1. The van der Waals surface area contributed by atoms with Gasteiger partial charge in [0.25, 0.3) is 0 Å². The first-order valence-electron chi connectivity index (χ1n) is 7.39. The summed E-state index contributed by atoms with van der Waals surface area (Å²) >= 11 is 4.68. The lowest BCUT2D eigenvalue weighted by molar-refractivity contribution is 0.0500. The molecule has 0 spiro atoms. The van der Waals surface area contributed by atoms with Crippen molar-refractivity contribution in [3.8, 4) is 11.1 Å². The zero-order chi connectivity index (χ0) is 16.2. The van der Waals surface area contributed by atoms with E-state index in [2.05, 4.69) is 31.6 Å². The fourth-order valence-electron chi connectivity index (χ4n) is 2.25. The second kappa shape index (κ2) is 7.19. The standard InChI is InChI=1S/C17H15BrN2O2S/c1-2-3-10-22-17(21)12-6-4-11(5-7-12)13-8-9-14(18)16-15(13)19-23-20-16/h4-9H,2-3,10H2,1H3. The van der Waals surface area contributed by atoms with Crippen molar-refractivity contribution < 1.29 is 9.53 Å². The second-order valence-corrected chi connectivity index (χ2v) is 6.51. The Hall–Kier alpha value is -1.79. The number of hydrogen-bond acceptors (Lipinski definition) is 5. The van der Waals surface area contributed by atoms with Gasteiger partial charge in [-0.1, -0.05) is 31.5 Å². The Morgan fingerprint density at radius 2 is 1.87 bits per heavy atom. The quantitative estimate of drug-likeness (QED) is 0.450. The second-order valence-electron chi connectivity index (χ2n) is 5.12. The van der Waals surface area contributed by atoms with Crippen molar-refractivity contribution >= 4 is 44.7 Å². The van der Waals surface area contributed by atoms with Crippen LogP contribution in [0.2, 0.25) is 0 Å². The molecule has 0 saturated carbocycles. The third-order valence-corrected chi connectivity index (χ3v) is 4.70. The molecule has 1 heterocycles. The van der Waals surface area contributed by atoms with Crippen molar-refractivity contribution in [2.24, 2.45) is 0 Å². The van der Waals surface area contributed by atoms with Crippen LogP contribution in [-0.4, -0.2) is 21.3 Å². The van der Waals surface area contributed by atoms with E-state index in [9.17, 15) is 4.79 Å². The molecule has 0 bridgehead atoms. The fourth-order valence-corrected chi connectivity index (χ4v) is 3.35. The van der Waals surface area contributed by atoms with Crippen LogP contribution in [0.15, 0.2) is 40.9 Å². The summed E-state index contributed by atoms with van der Waals surface area (Å²) in [5, 5.41) is 0. The monoisotopic (exact) mass is 390 g/mol. The van der Waals surface area contributed by atoms with Crippen molar-refractivity contribution in [2.45, 2.75) is 19.8 Å². The van der Waals surface area contributed by atoms with Crippen molar-refractivity contribution in [1.29, 1.82) is 0 Å². The van der Waals surface area contributed by atoms with Gasteiger partial charge in [-0.05, 0) is 46.1 Å². The average Bonchev–Trinajstić information content (AvgIpc) is 3.06. The average molecular weight is 391 g/mol. The highest BCUT2D eigenvalue weighted by Crippen LogP contribution is 2.32. The van der Waals surface area contributed by atoms with Gasteiger partial charge in [-0.15, -0.1) is 0 Å². The van der Waals surface area contributed by atoms with Gasteiger partial charge in [-0.3, -0.25) is 0 Å². The molecule has 118 valence electrons. The molecule has 6 heteroatoms. The first kappa shape index (κ1) is 16.1. The lowest BCUT2D eigenvalue weighted by Gasteiger charge is -2.06. The minimum atomic E-state index is -0.277. The predicted octanol–water partition coefficient (Wildman–Crippen LogP) is 5.08. The number of ether oxygens (including phenoxy) is 1. The molecule has 0 amide bonds. The molecule has 0 unspecified atom stereocenters. The Morgan fingerprint density at radius 1 is 1.13 bits per heavy atom. The lowest BCUT2D eigenvalue weighted by atomic mass is 10.0. The highest BCUT2D eigenvalue weighted by Gasteiger charge is 2.12. The van der Waals surface area contributed by atoms with Gasteiger partial charge >= 0.3 is 5.97 Å². The maximum Gasteiger partial charge on any atom is 0.338 e. The molecule has 0 aliphatic carbocycles. The summed E-state index contributed by atoms with van der Waals surface area (Å²) in [5.74, 6) is -0.277. The Morgan fingerprint density at radius 3 is 2.61 bits per heavy atom. The van der Waals surface area contributed by atoms with Crippen LogP contribution >= 0.6 is 27.7 Å². The molecular weight excluding hydrogens is 376 g/mol. The summed E-state index contributed by atoms with van der Waals surface area (Å²) in [6, 6.07) is 11.4. The van der Waals surface area contributed by atoms with Crippen LogP contribution in [-0.2, 0) is 4.74 Å². The van der Waals surface area contributed by atoms with Crippen LogP contribution in [0.1, 0.15) is 30.1 Å². The number of halogens is 1. The van der Waals surface area contributed by atoms with Crippen LogP contribution in [0.3, 0.4) is 0 Å². The largest absolute Gasteiger partial charge is 0.462 e. The number of esters is 1. The molecule has 0 radical (unpaired) electrons. The van der Waals surface area contributed by atoms with E-state index in [4.69, 9.17) is 4.74 Å². The van der Waals surface area contributed by atoms with Gasteiger partial charge < -0.3 is 4.74 Å². The number of nitrogens with zero attached hydrogens (tertiary/aromatic N) is 2. The predicted molar refractivity (Wildman–Crippen MR) is 95.7 cm³/mol. The Kier molecular flexibility index (Phi) is 5.03. The molecule has 0 atom stereocenters. The number of hydrogen-bond donors (Lipinski definition) is 0. The normalized spacial score (nSPS) is 10.9. The number of carbonyl (C=O) groups excluding carboxylic acids is 1. The number of unbranched alkanes of at least 4 members (excludes halogenated alkanes) is 1. The van der Waals surface area contributed by atoms with E-state index in [1.54, 1.807) is 12.1 Å². The van der Waals surface area contributed by atoms with Crippen LogP contribution in [0.4, 0.5) is 0 Å². The van der Waals surface area contributed by atoms with Gasteiger partial charge in [0.1, 0.15) is 11.0 Å². The molecule has 3 rings (SSSR count). The van der Waals surface area contributed by atoms with Crippen molar-refractivity contribution in [3.05, 3.63) is 46.4 Å². The zero-order valence-corrected chi connectivity index (χ0v) is 15.0. The number of carbonyl (C=O) groups is 1. The molecule has 2 aromatic carbocycles. The Bertz CT molecular complexity index is 830. The molecule has 0 aliphatic rings. The first-order valence-corrected chi connectivity index (χ1v) is 8.91. The third-order valence-electron chi connectivity index (χ3n) is 3.53. The van der Waals surface area contributed by atoms with E-state index in [-0.39, 0.29) is 5.97 Å². The molecule has 0 saturated heterocycles. The van der Waals surface area contributed by atoms with Crippen molar-refractivity contribution in [3.63, 3.8) is 0 Å². The first-order chi connectivity index (χ1) is 11.2. The summed E-state index contributed by atoms with van der Waals surface area (Å²) in [5.41, 5.74) is 4.29. The fraction of sp³-hybridized carbons (Fsp3) is 0.235. The maximum absolute atomic E-state index is 11.9. The molecule has 0 fully saturated rings. The van der Waals surface area contributed by atoms with E-state index in [0.29, 0.717) is 12.2 Å². The zero-order valence-electron chi connectivity index (χ0n) is 12.6. The molecule has 1 aromatic heterocycles. The van der Waals surface area contributed by atoms with Gasteiger partial charge in [0.05, 0.1) is 23.9 Å². The van der Waals surface area contributed by atoms with Crippen LogP contribution in [0.5, 0.6) is 0 Å². The molecule has 4 nitrogen and oxygen atoms in total. The minimum absolute atomic E-state index is 0.277. The molecular formula is C17H15BrN2O2S. The number of aromatic nitrogens is 2.